The van der Waals surface area contributed by atoms with E-state index in [1.807, 2.05) is 35.2 Å². The van der Waals surface area contributed by atoms with E-state index in [4.69, 9.17) is 0 Å². The molecule has 1 aliphatic heterocycles. The molecule has 2 unspecified atom stereocenters. The molecular weight excluding hydrogens is 236 g/mol. The highest BCUT2D eigenvalue weighted by Gasteiger charge is 2.26. The van der Waals surface area contributed by atoms with Crippen molar-refractivity contribution in [2.24, 2.45) is 0 Å². The van der Waals surface area contributed by atoms with Crippen molar-refractivity contribution in [1.82, 2.24) is 10.2 Å². The van der Waals surface area contributed by atoms with E-state index in [1.54, 1.807) is 0 Å². The molecule has 0 aromatic heterocycles. The van der Waals surface area contributed by atoms with Gasteiger partial charge < -0.3 is 10.2 Å². The summed E-state index contributed by atoms with van der Waals surface area (Å²) in [6, 6.07) is 10.1. The van der Waals surface area contributed by atoms with Gasteiger partial charge >= 0.3 is 0 Å². The predicted octanol–water partition coefficient (Wildman–Crippen LogP) is 1.93. The number of halogens is 1. The van der Waals surface area contributed by atoms with E-state index < -0.39 is 0 Å². The van der Waals surface area contributed by atoms with E-state index >= 15 is 0 Å². The Morgan fingerprint density at radius 2 is 1.94 bits per heavy atom. The van der Waals surface area contributed by atoms with Crippen LogP contribution < -0.4 is 5.32 Å². The molecular formula is C13H19ClN2O. The Morgan fingerprint density at radius 3 is 2.59 bits per heavy atom. The van der Waals surface area contributed by atoms with Crippen LogP contribution in [0.25, 0.3) is 0 Å². The molecule has 1 saturated heterocycles. The second-order valence-electron chi connectivity index (χ2n) is 4.48. The van der Waals surface area contributed by atoms with Gasteiger partial charge in [0, 0.05) is 30.7 Å². The SMILES string of the molecule is CC1CN(C(=O)c2ccccc2)C(C)CN1.Cl. The minimum atomic E-state index is 0. The van der Waals surface area contributed by atoms with Gasteiger partial charge in [0.25, 0.3) is 5.91 Å². The first-order valence-electron chi connectivity index (χ1n) is 5.78. The van der Waals surface area contributed by atoms with Crippen molar-refractivity contribution < 1.29 is 4.79 Å². The second-order valence-corrected chi connectivity index (χ2v) is 4.48. The van der Waals surface area contributed by atoms with E-state index in [0.717, 1.165) is 18.7 Å². The molecule has 94 valence electrons. The molecule has 1 aliphatic rings. The molecule has 1 amide bonds. The van der Waals surface area contributed by atoms with Crippen molar-refractivity contribution >= 4 is 18.3 Å². The summed E-state index contributed by atoms with van der Waals surface area (Å²) in [5, 5.41) is 3.37. The molecule has 2 rings (SSSR count). The number of rotatable bonds is 1. The molecule has 0 bridgehead atoms. The molecule has 1 fully saturated rings. The third kappa shape index (κ3) is 3.20. The largest absolute Gasteiger partial charge is 0.333 e. The number of amides is 1. The maximum Gasteiger partial charge on any atom is 0.254 e. The molecule has 0 aliphatic carbocycles. The fourth-order valence-corrected chi connectivity index (χ4v) is 2.05. The molecule has 17 heavy (non-hydrogen) atoms. The normalized spacial score (nSPS) is 24.0. The third-order valence-corrected chi connectivity index (χ3v) is 3.05. The third-order valence-electron chi connectivity index (χ3n) is 3.05. The van der Waals surface area contributed by atoms with E-state index in [-0.39, 0.29) is 24.4 Å². The minimum absolute atomic E-state index is 0. The number of nitrogens with one attached hydrogen (secondary N) is 1. The van der Waals surface area contributed by atoms with Crippen molar-refractivity contribution in [2.75, 3.05) is 13.1 Å². The fraction of sp³-hybridized carbons (Fsp3) is 0.462. The highest BCUT2D eigenvalue weighted by atomic mass is 35.5. The topological polar surface area (TPSA) is 32.3 Å². The van der Waals surface area contributed by atoms with Gasteiger partial charge in [0.15, 0.2) is 0 Å². The highest BCUT2D eigenvalue weighted by Crippen LogP contribution is 2.12. The summed E-state index contributed by atoms with van der Waals surface area (Å²) in [4.78, 5) is 14.2. The maximum atomic E-state index is 12.3. The van der Waals surface area contributed by atoms with Crippen molar-refractivity contribution in [1.29, 1.82) is 0 Å². The molecule has 2 atom stereocenters. The number of hydrogen-bond acceptors (Lipinski definition) is 2. The number of nitrogens with zero attached hydrogens (tertiary/aromatic N) is 1. The van der Waals surface area contributed by atoms with Gasteiger partial charge in [-0.05, 0) is 26.0 Å². The summed E-state index contributed by atoms with van der Waals surface area (Å²) in [5.41, 5.74) is 0.781. The first-order chi connectivity index (χ1) is 7.68. The number of piperazine rings is 1. The zero-order valence-electron chi connectivity index (χ0n) is 10.2. The van der Waals surface area contributed by atoms with E-state index in [9.17, 15) is 4.79 Å². The van der Waals surface area contributed by atoms with Gasteiger partial charge in [0.05, 0.1) is 0 Å². The minimum Gasteiger partial charge on any atom is -0.333 e. The monoisotopic (exact) mass is 254 g/mol. The van der Waals surface area contributed by atoms with Crippen molar-refractivity contribution in [3.8, 4) is 0 Å². The Kier molecular flexibility index (Phi) is 4.97. The lowest BCUT2D eigenvalue weighted by Gasteiger charge is -2.37. The number of hydrogen-bond donors (Lipinski definition) is 1. The van der Waals surface area contributed by atoms with Crippen LogP contribution in [0.1, 0.15) is 24.2 Å². The van der Waals surface area contributed by atoms with Gasteiger partial charge in [-0.2, -0.15) is 0 Å². The number of benzene rings is 1. The predicted molar refractivity (Wildman–Crippen MR) is 71.7 cm³/mol. The van der Waals surface area contributed by atoms with Gasteiger partial charge in [-0.25, -0.2) is 0 Å². The van der Waals surface area contributed by atoms with Crippen LogP contribution in [0.3, 0.4) is 0 Å². The molecule has 1 aromatic rings. The Morgan fingerprint density at radius 1 is 1.29 bits per heavy atom. The molecule has 3 nitrogen and oxygen atoms in total. The molecule has 1 N–H and O–H groups in total. The van der Waals surface area contributed by atoms with Gasteiger partial charge in [0.1, 0.15) is 0 Å². The van der Waals surface area contributed by atoms with Crippen LogP contribution in [0, 0.1) is 0 Å². The van der Waals surface area contributed by atoms with Crippen LogP contribution >= 0.6 is 12.4 Å². The number of carbonyl (C=O) groups excluding carboxylic acids is 1. The number of carbonyl (C=O) groups is 1. The summed E-state index contributed by atoms with van der Waals surface area (Å²) in [6.07, 6.45) is 0. The standard InChI is InChI=1S/C13H18N2O.ClH/c1-10-9-15(11(2)8-14-10)13(16)12-6-4-3-5-7-12;/h3-7,10-11,14H,8-9H2,1-2H3;1H. The van der Waals surface area contributed by atoms with E-state index in [2.05, 4.69) is 19.2 Å². The second kappa shape index (κ2) is 6.03. The van der Waals surface area contributed by atoms with E-state index in [1.165, 1.54) is 0 Å². The Hall–Kier alpha value is -1.06. The van der Waals surface area contributed by atoms with Gasteiger partial charge in [0.2, 0.25) is 0 Å². The zero-order chi connectivity index (χ0) is 11.5. The smallest absolute Gasteiger partial charge is 0.254 e. The first kappa shape index (κ1) is 14.0. The summed E-state index contributed by atoms with van der Waals surface area (Å²) < 4.78 is 0. The van der Waals surface area contributed by atoms with Crippen LogP contribution in [0.4, 0.5) is 0 Å². The average molecular weight is 255 g/mol. The van der Waals surface area contributed by atoms with Crippen molar-refractivity contribution in [3.63, 3.8) is 0 Å². The zero-order valence-corrected chi connectivity index (χ0v) is 11.0. The van der Waals surface area contributed by atoms with Gasteiger partial charge in [-0.3, -0.25) is 4.79 Å². The summed E-state index contributed by atoms with van der Waals surface area (Å²) in [5.74, 6) is 0.140. The molecule has 0 spiro atoms. The molecule has 4 heteroatoms. The van der Waals surface area contributed by atoms with Crippen LogP contribution in [-0.2, 0) is 0 Å². The van der Waals surface area contributed by atoms with Gasteiger partial charge in [-0.15, -0.1) is 12.4 Å². The molecule has 0 radical (unpaired) electrons. The lowest BCUT2D eigenvalue weighted by atomic mass is 10.1. The first-order valence-corrected chi connectivity index (χ1v) is 5.78. The van der Waals surface area contributed by atoms with Crippen LogP contribution in [-0.4, -0.2) is 36.0 Å². The Bertz CT molecular complexity index is 369. The van der Waals surface area contributed by atoms with Crippen molar-refractivity contribution in [3.05, 3.63) is 35.9 Å². The molecule has 1 heterocycles. The summed E-state index contributed by atoms with van der Waals surface area (Å²) in [6.45, 7) is 5.85. The summed E-state index contributed by atoms with van der Waals surface area (Å²) >= 11 is 0. The van der Waals surface area contributed by atoms with Crippen molar-refractivity contribution in [2.45, 2.75) is 25.9 Å². The maximum absolute atomic E-state index is 12.3. The fourth-order valence-electron chi connectivity index (χ4n) is 2.05. The highest BCUT2D eigenvalue weighted by molar-refractivity contribution is 5.94. The Balaban J connectivity index is 0.00000144. The molecule has 1 aromatic carbocycles. The van der Waals surface area contributed by atoms with Crippen LogP contribution in [0.5, 0.6) is 0 Å². The van der Waals surface area contributed by atoms with E-state index in [0.29, 0.717) is 6.04 Å². The average Bonchev–Trinajstić information content (AvgIpc) is 2.32. The van der Waals surface area contributed by atoms with Crippen LogP contribution in [0.15, 0.2) is 30.3 Å². The quantitative estimate of drug-likeness (QED) is 0.831. The molecule has 0 saturated carbocycles. The lowest BCUT2D eigenvalue weighted by Crippen LogP contribution is -2.56. The lowest BCUT2D eigenvalue weighted by molar-refractivity contribution is 0.0616. The summed E-state index contributed by atoms with van der Waals surface area (Å²) in [7, 11) is 0. The van der Waals surface area contributed by atoms with Gasteiger partial charge in [-0.1, -0.05) is 18.2 Å². The Labute approximate surface area is 109 Å². The van der Waals surface area contributed by atoms with Crippen LogP contribution in [0.2, 0.25) is 0 Å².